The molecule has 2 aromatic carbocycles. The first kappa shape index (κ1) is 42.6. The van der Waals surface area contributed by atoms with Gasteiger partial charge in [-0.2, -0.15) is 0 Å². The molecule has 0 unspecified atom stereocenters. The number of nitrogens with zero attached hydrogens (tertiary/aromatic N) is 6. The van der Waals surface area contributed by atoms with E-state index in [9.17, 15) is 23.2 Å². The lowest BCUT2D eigenvalue weighted by molar-refractivity contribution is -0.124. The number of aromatic nitrogens is 2. The second kappa shape index (κ2) is 16.7. The molecule has 2 aromatic heterocycles. The van der Waals surface area contributed by atoms with Crippen LogP contribution in [-0.4, -0.2) is 43.8 Å². The predicted octanol–water partition coefficient (Wildman–Crippen LogP) is 9.98. The van der Waals surface area contributed by atoms with E-state index in [1.807, 2.05) is 0 Å². The average Bonchev–Trinajstić information content (AvgIpc) is 3.34. The van der Waals surface area contributed by atoms with E-state index in [0.29, 0.717) is 70.9 Å². The Labute approximate surface area is 331 Å². The fraction of sp³-hybridized carbons (Fsp3) is 0.333. The lowest BCUT2D eigenvalue weighted by Gasteiger charge is -2.43. The highest BCUT2D eigenvalue weighted by Gasteiger charge is 2.59. The van der Waals surface area contributed by atoms with E-state index in [4.69, 9.17) is 25.4 Å². The molecule has 2 amide bonds. The van der Waals surface area contributed by atoms with Gasteiger partial charge in [0.25, 0.3) is 17.5 Å². The second-order valence-corrected chi connectivity index (χ2v) is 14.1. The maximum absolute atomic E-state index is 14.5. The van der Waals surface area contributed by atoms with Crippen LogP contribution in [0.2, 0.25) is 0 Å². The van der Waals surface area contributed by atoms with Gasteiger partial charge in [0.15, 0.2) is 10.9 Å². The summed E-state index contributed by atoms with van der Waals surface area (Å²) in [7, 11) is 0. The van der Waals surface area contributed by atoms with Crippen LogP contribution in [0.5, 0.6) is 0 Å². The first-order chi connectivity index (χ1) is 25.7. The molecule has 0 bridgehead atoms. The molecule has 2 saturated carbocycles. The number of hydrogen-bond acceptors (Lipinski definition) is 7. The molecule has 56 heavy (non-hydrogen) atoms. The van der Waals surface area contributed by atoms with Crippen LogP contribution in [0.1, 0.15) is 87.4 Å². The van der Waals surface area contributed by atoms with Crippen molar-refractivity contribution >= 4 is 69.3 Å². The van der Waals surface area contributed by atoms with Gasteiger partial charge in [0.1, 0.15) is 35.1 Å². The molecule has 3 aliphatic rings. The molecule has 2 N–H and O–H groups in total. The number of anilines is 4. The zero-order chi connectivity index (χ0) is 38.9. The standard InChI is InChI=1S/C21H17FN4O2S.C19H19FN4O.2CH4/c1-12-9-15(11-24-18(12)23-3)25-19(28)21(7-4-8-21)26(20(25)29)14-5-6-16(13(2)27)17(22)10-14;1-12-5-6-14(10-16(12)20)24-19(7-4-8-19)18(25)23-15-9-13(2)17(21-3)22-11-15;;/h5-6,9-11H,4,7-8H2,1-2H3;5-6,9-11,24H,4,7-8H2,1-2H3,(H,23,25);2*1H4. The lowest BCUT2D eigenvalue weighted by Crippen LogP contribution is -2.55. The highest BCUT2D eigenvalue weighted by Crippen LogP contribution is 2.48. The first-order valence-electron chi connectivity index (χ1n) is 17.3. The molecule has 7 rings (SSSR count). The number of amides is 2. The molecular formula is C42H44F2N8O3S. The SMILES string of the molecule is C.C.[C-]#[N+]c1ncc(N2C(=O)C3(CCC3)N(c3ccc(C(C)=O)c(F)c3)C2=S)cc1C.[C-]#[N+]c1ncc(NC(=O)C2(Nc3ccc(C)c(F)c3)CCC2)cc1C. The molecule has 3 fully saturated rings. The molecule has 0 radical (unpaired) electrons. The van der Waals surface area contributed by atoms with E-state index in [2.05, 4.69) is 30.3 Å². The minimum absolute atomic E-state index is 0. The van der Waals surface area contributed by atoms with E-state index in [1.165, 1.54) is 42.4 Å². The maximum Gasteiger partial charge on any atom is 0.272 e. The summed E-state index contributed by atoms with van der Waals surface area (Å²) in [6.07, 6.45) is 7.30. The van der Waals surface area contributed by atoms with Gasteiger partial charge in [-0.3, -0.25) is 19.3 Å². The van der Waals surface area contributed by atoms with Crippen molar-refractivity contribution in [2.45, 2.75) is 92.2 Å². The van der Waals surface area contributed by atoms with Crippen LogP contribution in [0.4, 0.5) is 43.2 Å². The molecule has 0 atom stereocenters. The van der Waals surface area contributed by atoms with Gasteiger partial charge in [0, 0.05) is 11.4 Å². The van der Waals surface area contributed by atoms with E-state index in [1.54, 1.807) is 56.0 Å². The van der Waals surface area contributed by atoms with Gasteiger partial charge >= 0.3 is 0 Å². The summed E-state index contributed by atoms with van der Waals surface area (Å²) in [5.41, 5.74) is 2.40. The smallest absolute Gasteiger partial charge is 0.272 e. The quantitative estimate of drug-likeness (QED) is 0.108. The topological polar surface area (TPSA) is 116 Å². The Kier molecular flexibility index (Phi) is 12.7. The van der Waals surface area contributed by atoms with Crippen LogP contribution in [0, 0.1) is 45.5 Å². The zero-order valence-electron chi connectivity index (χ0n) is 30.1. The van der Waals surface area contributed by atoms with Crippen LogP contribution >= 0.6 is 12.2 Å². The second-order valence-electron chi connectivity index (χ2n) is 13.8. The van der Waals surface area contributed by atoms with Crippen LogP contribution < -0.4 is 20.4 Å². The van der Waals surface area contributed by atoms with Gasteiger partial charge < -0.3 is 25.2 Å². The summed E-state index contributed by atoms with van der Waals surface area (Å²) in [6.45, 7) is 20.7. The van der Waals surface area contributed by atoms with Crippen molar-refractivity contribution in [3.8, 4) is 0 Å². The number of nitrogens with one attached hydrogen (secondary N) is 2. The Morgan fingerprint density at radius 1 is 0.804 bits per heavy atom. The average molecular weight is 779 g/mol. The molecular weight excluding hydrogens is 735 g/mol. The summed E-state index contributed by atoms with van der Waals surface area (Å²) in [5.74, 6) is -1.06. The fourth-order valence-corrected chi connectivity index (χ4v) is 7.29. The van der Waals surface area contributed by atoms with Crippen molar-refractivity contribution in [1.82, 2.24) is 9.97 Å². The van der Waals surface area contributed by atoms with Crippen molar-refractivity contribution in [3.63, 3.8) is 0 Å². The Bertz CT molecular complexity index is 2310. The van der Waals surface area contributed by atoms with Crippen molar-refractivity contribution in [1.29, 1.82) is 0 Å². The summed E-state index contributed by atoms with van der Waals surface area (Å²) < 4.78 is 28.2. The number of benzene rings is 2. The van der Waals surface area contributed by atoms with Gasteiger partial charge in [-0.1, -0.05) is 34.1 Å². The largest absolute Gasteiger partial charge is 0.371 e. The van der Waals surface area contributed by atoms with E-state index >= 15 is 0 Å². The first-order valence-corrected chi connectivity index (χ1v) is 17.7. The van der Waals surface area contributed by atoms with Crippen molar-refractivity contribution in [2.24, 2.45) is 0 Å². The molecule has 14 heteroatoms. The summed E-state index contributed by atoms with van der Waals surface area (Å²) in [5, 5.41) is 6.30. The number of ketones is 1. The molecule has 1 aliphatic heterocycles. The minimum atomic E-state index is -0.854. The monoisotopic (exact) mass is 778 g/mol. The fourth-order valence-electron chi connectivity index (χ4n) is 6.82. The third kappa shape index (κ3) is 7.70. The maximum atomic E-state index is 14.5. The molecule has 11 nitrogen and oxygen atoms in total. The number of thiocarbonyl (C=S) groups is 1. The molecule has 290 valence electrons. The van der Waals surface area contributed by atoms with E-state index in [0.717, 1.165) is 12.8 Å². The highest BCUT2D eigenvalue weighted by atomic mass is 32.1. The van der Waals surface area contributed by atoms with Crippen LogP contribution in [0.25, 0.3) is 9.69 Å². The van der Waals surface area contributed by atoms with Gasteiger partial charge in [0.2, 0.25) is 5.91 Å². The number of carbonyl (C=O) groups excluding carboxylic acids is 3. The number of rotatable bonds is 7. The normalized spacial score (nSPS) is 15.7. The number of Topliss-reactive ketones (excluding diaryl/α,β-unsaturated/α-hetero) is 1. The number of pyridine rings is 2. The van der Waals surface area contributed by atoms with Crippen LogP contribution in [-0.2, 0) is 9.59 Å². The Morgan fingerprint density at radius 3 is 1.93 bits per heavy atom. The van der Waals surface area contributed by atoms with Gasteiger partial charge in [-0.25, -0.2) is 8.78 Å². The molecule has 2 aliphatic carbocycles. The summed E-state index contributed by atoms with van der Waals surface area (Å²) in [6, 6.07) is 12.6. The molecule has 3 heterocycles. The summed E-state index contributed by atoms with van der Waals surface area (Å²) >= 11 is 5.64. The molecule has 1 spiro atoms. The third-order valence-electron chi connectivity index (χ3n) is 10.2. The molecule has 4 aromatic rings. The van der Waals surface area contributed by atoms with Gasteiger partial charge in [-0.05, 0) is 138 Å². The van der Waals surface area contributed by atoms with Gasteiger partial charge in [0.05, 0.1) is 16.9 Å². The number of aryl methyl sites for hydroxylation is 3. The lowest BCUT2D eigenvalue weighted by atomic mass is 9.75. The Balaban J connectivity index is 0.000000243. The Hall–Kier alpha value is -6.12. The highest BCUT2D eigenvalue weighted by molar-refractivity contribution is 7.81. The van der Waals surface area contributed by atoms with E-state index < -0.39 is 16.9 Å². The van der Waals surface area contributed by atoms with Crippen molar-refractivity contribution in [2.75, 3.05) is 20.4 Å². The summed E-state index contributed by atoms with van der Waals surface area (Å²) in [4.78, 5) is 55.7. The predicted molar refractivity (Wildman–Crippen MR) is 219 cm³/mol. The number of hydrogen-bond donors (Lipinski definition) is 2. The number of halogens is 2. The third-order valence-corrected chi connectivity index (χ3v) is 10.6. The van der Waals surface area contributed by atoms with Crippen molar-refractivity contribution < 1.29 is 23.2 Å². The zero-order valence-corrected chi connectivity index (χ0v) is 30.9. The van der Waals surface area contributed by atoms with Crippen LogP contribution in [0.3, 0.4) is 0 Å². The van der Waals surface area contributed by atoms with Crippen molar-refractivity contribution in [3.05, 3.63) is 118 Å². The molecule has 1 saturated heterocycles. The minimum Gasteiger partial charge on any atom is -0.371 e. The van der Waals surface area contributed by atoms with Crippen LogP contribution in [0.15, 0.2) is 60.9 Å². The van der Waals surface area contributed by atoms with Gasteiger partial charge in [-0.15, -0.1) is 9.97 Å². The Morgan fingerprint density at radius 2 is 1.43 bits per heavy atom. The number of carbonyl (C=O) groups is 3. The van der Waals surface area contributed by atoms with E-state index in [-0.39, 0.29) is 54.8 Å².